The van der Waals surface area contributed by atoms with E-state index in [1.807, 2.05) is 6.92 Å². The van der Waals surface area contributed by atoms with Crippen LogP contribution in [0.1, 0.15) is 19.8 Å². The highest BCUT2D eigenvalue weighted by molar-refractivity contribution is 7.80. The topological polar surface area (TPSA) is 38.8 Å². The molecule has 0 aliphatic carbocycles. The Labute approximate surface area is 90.0 Å². The Kier molecular flexibility index (Phi) is 4.54. The molecule has 2 unspecified atom stereocenters. The van der Waals surface area contributed by atoms with Crippen LogP contribution in [0.25, 0.3) is 0 Å². The van der Waals surface area contributed by atoms with Crippen LogP contribution in [0.15, 0.2) is 0 Å². The summed E-state index contributed by atoms with van der Waals surface area (Å²) in [5.41, 5.74) is -0.0879. The van der Waals surface area contributed by atoms with Crippen LogP contribution in [0.5, 0.6) is 0 Å². The molecule has 1 aliphatic rings. The van der Waals surface area contributed by atoms with Crippen molar-refractivity contribution in [2.24, 2.45) is 0 Å². The summed E-state index contributed by atoms with van der Waals surface area (Å²) in [5, 5.41) is 0. The van der Waals surface area contributed by atoms with Crippen LogP contribution in [0, 0.1) is 0 Å². The number of likely N-dealkylation sites (tertiary alicyclic amines) is 1. The fraction of sp³-hybridized carbons (Fsp3) is 0.889. The van der Waals surface area contributed by atoms with Gasteiger partial charge < -0.3 is 14.4 Å². The van der Waals surface area contributed by atoms with Crippen molar-refractivity contribution in [2.45, 2.75) is 31.2 Å². The molecule has 4 nitrogen and oxygen atoms in total. The van der Waals surface area contributed by atoms with Gasteiger partial charge in [-0.1, -0.05) is 0 Å². The Morgan fingerprint density at radius 2 is 2.43 bits per heavy atom. The van der Waals surface area contributed by atoms with Gasteiger partial charge in [-0.3, -0.25) is 0 Å². The fourth-order valence-corrected chi connectivity index (χ4v) is 1.70. The zero-order chi connectivity index (χ0) is 10.6. The average Bonchev–Trinajstić information content (AvgIpc) is 2.61. The molecule has 14 heavy (non-hydrogen) atoms. The van der Waals surface area contributed by atoms with Gasteiger partial charge in [0.25, 0.3) is 0 Å². The van der Waals surface area contributed by atoms with Gasteiger partial charge in [-0.15, -0.1) is 12.6 Å². The maximum atomic E-state index is 11.3. The van der Waals surface area contributed by atoms with E-state index in [4.69, 9.17) is 4.74 Å². The lowest BCUT2D eigenvalue weighted by Gasteiger charge is -2.23. The molecule has 0 aromatic heterocycles. The minimum absolute atomic E-state index is 0.0879. The number of carbonyl (C=O) groups is 1. The molecule has 0 saturated carbocycles. The van der Waals surface area contributed by atoms with Gasteiger partial charge in [-0.25, -0.2) is 4.79 Å². The monoisotopic (exact) mass is 219 g/mol. The first-order valence-corrected chi connectivity index (χ1v) is 5.31. The maximum Gasteiger partial charge on any atom is 0.409 e. The van der Waals surface area contributed by atoms with Crippen molar-refractivity contribution in [3.05, 3.63) is 0 Å². The van der Waals surface area contributed by atoms with Crippen molar-refractivity contribution in [3.63, 3.8) is 0 Å². The molecule has 1 heterocycles. The second-order valence-corrected chi connectivity index (χ2v) is 4.12. The van der Waals surface area contributed by atoms with E-state index in [-0.39, 0.29) is 17.6 Å². The summed E-state index contributed by atoms with van der Waals surface area (Å²) in [6.07, 6.45) is 1.74. The SMILES string of the molecule is COC(=O)N1CCCC1COC(C)S. The highest BCUT2D eigenvalue weighted by atomic mass is 32.1. The summed E-state index contributed by atoms with van der Waals surface area (Å²) in [6.45, 7) is 3.17. The number of thiol groups is 1. The molecule has 0 aromatic carbocycles. The largest absolute Gasteiger partial charge is 0.453 e. The number of carbonyl (C=O) groups excluding carboxylic acids is 1. The molecule has 82 valence electrons. The van der Waals surface area contributed by atoms with Gasteiger partial charge in [0, 0.05) is 6.54 Å². The van der Waals surface area contributed by atoms with Gasteiger partial charge in [0.05, 0.1) is 25.2 Å². The number of rotatable bonds is 3. The molecule has 1 aliphatic heterocycles. The van der Waals surface area contributed by atoms with E-state index in [1.165, 1.54) is 7.11 Å². The lowest BCUT2D eigenvalue weighted by Crippen LogP contribution is -2.38. The summed E-state index contributed by atoms with van der Waals surface area (Å²) in [7, 11) is 1.40. The molecule has 0 aromatic rings. The van der Waals surface area contributed by atoms with Crippen molar-refractivity contribution < 1.29 is 14.3 Å². The Balaban J connectivity index is 2.39. The van der Waals surface area contributed by atoms with Crippen molar-refractivity contribution in [1.82, 2.24) is 4.90 Å². The third-order valence-electron chi connectivity index (χ3n) is 2.32. The quantitative estimate of drug-likeness (QED) is 0.577. The highest BCUT2D eigenvalue weighted by Gasteiger charge is 2.29. The van der Waals surface area contributed by atoms with Gasteiger partial charge in [0.15, 0.2) is 0 Å². The van der Waals surface area contributed by atoms with Crippen molar-refractivity contribution in [1.29, 1.82) is 0 Å². The van der Waals surface area contributed by atoms with E-state index < -0.39 is 0 Å². The Morgan fingerprint density at radius 3 is 3.00 bits per heavy atom. The number of amides is 1. The number of nitrogens with zero attached hydrogens (tertiary/aromatic N) is 1. The van der Waals surface area contributed by atoms with Crippen molar-refractivity contribution >= 4 is 18.7 Å². The minimum Gasteiger partial charge on any atom is -0.453 e. The number of hydrogen-bond acceptors (Lipinski definition) is 4. The fourth-order valence-electron chi connectivity index (χ4n) is 1.62. The van der Waals surface area contributed by atoms with Crippen LogP contribution in [0.4, 0.5) is 4.79 Å². The second kappa shape index (κ2) is 5.46. The predicted octanol–water partition coefficient (Wildman–Crippen LogP) is 1.51. The summed E-state index contributed by atoms with van der Waals surface area (Å²) in [4.78, 5) is 13.0. The summed E-state index contributed by atoms with van der Waals surface area (Å²) in [6, 6.07) is 0.150. The summed E-state index contributed by atoms with van der Waals surface area (Å²) in [5.74, 6) is 0. The Hall–Kier alpha value is -0.420. The van der Waals surface area contributed by atoms with Gasteiger partial charge in [0.2, 0.25) is 0 Å². The molecular formula is C9H17NO3S. The Bertz CT molecular complexity index is 198. The molecule has 0 bridgehead atoms. The Morgan fingerprint density at radius 1 is 1.71 bits per heavy atom. The molecule has 2 atom stereocenters. The number of hydrogen-bond donors (Lipinski definition) is 1. The third-order valence-corrected chi connectivity index (χ3v) is 2.47. The van der Waals surface area contributed by atoms with E-state index in [1.54, 1.807) is 4.90 Å². The first-order valence-electron chi connectivity index (χ1n) is 4.79. The molecule has 1 rings (SSSR count). The zero-order valence-electron chi connectivity index (χ0n) is 8.60. The van der Waals surface area contributed by atoms with Crippen LogP contribution in [-0.4, -0.2) is 42.7 Å². The smallest absolute Gasteiger partial charge is 0.409 e. The van der Waals surface area contributed by atoms with E-state index in [2.05, 4.69) is 17.4 Å². The van der Waals surface area contributed by atoms with E-state index in [9.17, 15) is 4.79 Å². The molecule has 0 radical (unpaired) electrons. The molecule has 1 fully saturated rings. The van der Waals surface area contributed by atoms with Gasteiger partial charge in [-0.2, -0.15) is 0 Å². The minimum atomic E-state index is -0.261. The number of methoxy groups -OCH3 is 1. The molecule has 0 spiro atoms. The van der Waals surface area contributed by atoms with Crippen molar-refractivity contribution in [2.75, 3.05) is 20.3 Å². The summed E-state index contributed by atoms with van der Waals surface area (Å²) < 4.78 is 10.0. The average molecular weight is 219 g/mol. The first-order chi connectivity index (χ1) is 6.65. The van der Waals surface area contributed by atoms with Crippen LogP contribution in [0.3, 0.4) is 0 Å². The van der Waals surface area contributed by atoms with Crippen molar-refractivity contribution in [3.8, 4) is 0 Å². The van der Waals surface area contributed by atoms with E-state index in [0.717, 1.165) is 19.4 Å². The van der Waals surface area contributed by atoms with E-state index >= 15 is 0 Å². The van der Waals surface area contributed by atoms with Crippen LogP contribution >= 0.6 is 12.6 Å². The zero-order valence-corrected chi connectivity index (χ0v) is 9.50. The standard InChI is InChI=1S/C9H17NO3S/c1-7(14)13-6-8-4-3-5-10(8)9(11)12-2/h7-8,14H,3-6H2,1-2H3. The van der Waals surface area contributed by atoms with Gasteiger partial charge in [0.1, 0.15) is 0 Å². The van der Waals surface area contributed by atoms with E-state index in [0.29, 0.717) is 6.61 Å². The third kappa shape index (κ3) is 3.06. The van der Waals surface area contributed by atoms with Crippen LogP contribution in [-0.2, 0) is 9.47 Å². The predicted molar refractivity (Wildman–Crippen MR) is 56.5 cm³/mol. The second-order valence-electron chi connectivity index (χ2n) is 3.39. The first kappa shape index (κ1) is 11.7. The highest BCUT2D eigenvalue weighted by Crippen LogP contribution is 2.18. The number of ether oxygens (including phenoxy) is 2. The van der Waals surface area contributed by atoms with Gasteiger partial charge in [-0.05, 0) is 19.8 Å². The molecular weight excluding hydrogens is 202 g/mol. The maximum absolute atomic E-state index is 11.3. The van der Waals surface area contributed by atoms with Gasteiger partial charge >= 0.3 is 6.09 Å². The lowest BCUT2D eigenvalue weighted by atomic mass is 10.2. The molecule has 0 N–H and O–H groups in total. The summed E-state index contributed by atoms with van der Waals surface area (Å²) >= 11 is 4.12. The van der Waals surface area contributed by atoms with Crippen LogP contribution in [0.2, 0.25) is 0 Å². The molecule has 5 heteroatoms. The normalized spacial score (nSPS) is 23.6. The lowest BCUT2D eigenvalue weighted by molar-refractivity contribution is 0.0612. The molecule has 1 saturated heterocycles. The molecule has 1 amide bonds. The van der Waals surface area contributed by atoms with Crippen LogP contribution < -0.4 is 0 Å².